The van der Waals surface area contributed by atoms with Gasteiger partial charge >= 0.3 is 0 Å². The van der Waals surface area contributed by atoms with Crippen molar-refractivity contribution in [2.24, 2.45) is 12.0 Å². The lowest BCUT2D eigenvalue weighted by molar-refractivity contribution is 0.634. The minimum absolute atomic E-state index is 0.278. The summed E-state index contributed by atoms with van der Waals surface area (Å²) in [5.74, 6) is 0.875. The zero-order valence-electron chi connectivity index (χ0n) is 17.1. The van der Waals surface area contributed by atoms with Gasteiger partial charge in [0.2, 0.25) is 0 Å². The van der Waals surface area contributed by atoms with Crippen molar-refractivity contribution in [1.82, 2.24) is 20.4 Å². The summed E-state index contributed by atoms with van der Waals surface area (Å²) in [6, 6.07) is 8.32. The van der Waals surface area contributed by atoms with E-state index in [-0.39, 0.29) is 6.04 Å². The highest BCUT2D eigenvalue weighted by atomic mass is 35.5. The number of aliphatic imine (C=N–C) groups is 1. The molecule has 2 rings (SSSR count). The Morgan fingerprint density at radius 2 is 1.96 bits per heavy atom. The third kappa shape index (κ3) is 6.58. The normalized spacial score (nSPS) is 12.9. The second-order valence-electron chi connectivity index (χ2n) is 7.01. The molecule has 1 unspecified atom stereocenters. The molecule has 1 heterocycles. The number of guanidine groups is 1. The number of halogens is 1. The number of benzene rings is 1. The standard InChI is InChI=1S/C21H32ClN5/c1-6-23-21(24-13-7-8-18-9-11-19(22)12-10-18)25-15(2)14-20-16(3)26-27(5)17(20)4/h9-12,15H,6-8,13-14H2,1-5H3,(H2,23,24,25). The molecular weight excluding hydrogens is 358 g/mol. The first-order valence-electron chi connectivity index (χ1n) is 9.69. The number of hydrogen-bond acceptors (Lipinski definition) is 2. The largest absolute Gasteiger partial charge is 0.357 e. The van der Waals surface area contributed by atoms with Gasteiger partial charge in [-0.25, -0.2) is 0 Å². The topological polar surface area (TPSA) is 54.2 Å². The van der Waals surface area contributed by atoms with Gasteiger partial charge in [0, 0.05) is 36.9 Å². The zero-order valence-corrected chi connectivity index (χ0v) is 17.9. The Labute approximate surface area is 168 Å². The van der Waals surface area contributed by atoms with E-state index >= 15 is 0 Å². The van der Waals surface area contributed by atoms with Crippen LogP contribution in [0.25, 0.3) is 0 Å². The third-order valence-electron chi connectivity index (χ3n) is 4.70. The van der Waals surface area contributed by atoms with Crippen LogP contribution in [-0.4, -0.2) is 34.9 Å². The fraction of sp³-hybridized carbons (Fsp3) is 0.524. The first-order chi connectivity index (χ1) is 12.9. The van der Waals surface area contributed by atoms with Crippen LogP contribution in [0, 0.1) is 13.8 Å². The fourth-order valence-corrected chi connectivity index (χ4v) is 3.27. The van der Waals surface area contributed by atoms with Gasteiger partial charge in [-0.05, 0) is 70.2 Å². The van der Waals surface area contributed by atoms with E-state index in [1.54, 1.807) is 0 Å². The molecule has 27 heavy (non-hydrogen) atoms. The molecule has 1 aromatic carbocycles. The van der Waals surface area contributed by atoms with Crippen LogP contribution in [0.5, 0.6) is 0 Å². The average Bonchev–Trinajstić information content (AvgIpc) is 2.86. The average molecular weight is 390 g/mol. The monoisotopic (exact) mass is 389 g/mol. The van der Waals surface area contributed by atoms with Crippen molar-refractivity contribution in [1.29, 1.82) is 0 Å². The molecule has 0 radical (unpaired) electrons. The SMILES string of the molecule is CCNC(=NCCCc1ccc(Cl)cc1)NC(C)Cc1c(C)nn(C)c1C. The summed E-state index contributed by atoms with van der Waals surface area (Å²) in [6.07, 6.45) is 2.94. The number of nitrogens with one attached hydrogen (secondary N) is 2. The van der Waals surface area contributed by atoms with Crippen LogP contribution in [-0.2, 0) is 19.9 Å². The van der Waals surface area contributed by atoms with Gasteiger partial charge in [-0.3, -0.25) is 9.67 Å². The van der Waals surface area contributed by atoms with E-state index < -0.39 is 0 Å². The molecule has 2 aromatic rings. The highest BCUT2D eigenvalue weighted by Crippen LogP contribution is 2.14. The molecule has 0 bridgehead atoms. The first kappa shape index (κ1) is 21.3. The molecule has 0 saturated heterocycles. The smallest absolute Gasteiger partial charge is 0.191 e. The van der Waals surface area contributed by atoms with Crippen LogP contribution in [0.15, 0.2) is 29.3 Å². The lowest BCUT2D eigenvalue weighted by Crippen LogP contribution is -2.43. The Bertz CT molecular complexity index is 749. The minimum Gasteiger partial charge on any atom is -0.357 e. The number of nitrogens with zero attached hydrogens (tertiary/aromatic N) is 3. The Morgan fingerprint density at radius 1 is 1.26 bits per heavy atom. The number of rotatable bonds is 8. The van der Waals surface area contributed by atoms with Gasteiger partial charge in [-0.1, -0.05) is 23.7 Å². The lowest BCUT2D eigenvalue weighted by atomic mass is 10.1. The van der Waals surface area contributed by atoms with Crippen LogP contribution < -0.4 is 10.6 Å². The minimum atomic E-state index is 0.278. The maximum atomic E-state index is 5.93. The van der Waals surface area contributed by atoms with Crippen molar-refractivity contribution < 1.29 is 0 Å². The van der Waals surface area contributed by atoms with Gasteiger partial charge in [0.25, 0.3) is 0 Å². The molecule has 0 aliphatic rings. The summed E-state index contributed by atoms with van der Waals surface area (Å²) in [5, 5.41) is 12.2. The predicted molar refractivity (Wildman–Crippen MR) is 115 cm³/mol. The van der Waals surface area contributed by atoms with Gasteiger partial charge in [-0.15, -0.1) is 0 Å². The first-order valence-corrected chi connectivity index (χ1v) is 10.1. The van der Waals surface area contributed by atoms with Gasteiger partial charge in [0.15, 0.2) is 5.96 Å². The van der Waals surface area contributed by atoms with E-state index in [9.17, 15) is 0 Å². The van der Waals surface area contributed by atoms with Crippen molar-refractivity contribution in [3.8, 4) is 0 Å². The number of aryl methyl sites for hydroxylation is 3. The summed E-state index contributed by atoms with van der Waals surface area (Å²) in [7, 11) is 2.00. The second kappa shape index (κ2) is 10.4. The summed E-state index contributed by atoms with van der Waals surface area (Å²) in [4.78, 5) is 4.73. The number of hydrogen-bond donors (Lipinski definition) is 2. The van der Waals surface area contributed by atoms with Crippen LogP contribution in [0.2, 0.25) is 5.02 Å². The molecular formula is C21H32ClN5. The van der Waals surface area contributed by atoms with Gasteiger partial charge in [0.05, 0.1) is 5.69 Å². The molecule has 0 amide bonds. The third-order valence-corrected chi connectivity index (χ3v) is 4.96. The van der Waals surface area contributed by atoms with Crippen LogP contribution >= 0.6 is 11.6 Å². The van der Waals surface area contributed by atoms with Crippen LogP contribution in [0.3, 0.4) is 0 Å². The van der Waals surface area contributed by atoms with E-state index in [4.69, 9.17) is 16.6 Å². The number of aromatic nitrogens is 2. The Balaban J connectivity index is 1.87. The quantitative estimate of drug-likeness (QED) is 0.410. The van der Waals surface area contributed by atoms with Gasteiger partial charge in [0.1, 0.15) is 0 Å². The molecule has 0 fully saturated rings. The molecule has 148 valence electrons. The molecule has 1 aromatic heterocycles. The fourth-order valence-electron chi connectivity index (χ4n) is 3.15. The maximum Gasteiger partial charge on any atom is 0.191 e. The van der Waals surface area contributed by atoms with Crippen LogP contribution in [0.4, 0.5) is 0 Å². The Morgan fingerprint density at radius 3 is 2.56 bits per heavy atom. The molecule has 0 saturated carbocycles. The molecule has 2 N–H and O–H groups in total. The van der Waals surface area contributed by atoms with Gasteiger partial charge < -0.3 is 10.6 Å². The van der Waals surface area contributed by atoms with E-state index in [0.717, 1.165) is 49.0 Å². The summed E-state index contributed by atoms with van der Waals surface area (Å²) in [6.45, 7) is 10.1. The zero-order chi connectivity index (χ0) is 19.8. The van der Waals surface area contributed by atoms with Crippen molar-refractivity contribution in [3.63, 3.8) is 0 Å². The van der Waals surface area contributed by atoms with E-state index in [1.807, 2.05) is 23.9 Å². The Kier molecular flexibility index (Phi) is 8.17. The Hall–Kier alpha value is -2.01. The second-order valence-corrected chi connectivity index (χ2v) is 7.45. The highest BCUT2D eigenvalue weighted by molar-refractivity contribution is 6.30. The molecule has 5 nitrogen and oxygen atoms in total. The highest BCUT2D eigenvalue weighted by Gasteiger charge is 2.13. The van der Waals surface area contributed by atoms with E-state index in [0.29, 0.717) is 0 Å². The van der Waals surface area contributed by atoms with Crippen molar-refractivity contribution >= 4 is 17.6 Å². The van der Waals surface area contributed by atoms with Crippen molar-refractivity contribution in [2.45, 2.75) is 53.0 Å². The summed E-state index contributed by atoms with van der Waals surface area (Å²) < 4.78 is 1.95. The molecule has 0 spiro atoms. The van der Waals surface area contributed by atoms with Crippen LogP contribution in [0.1, 0.15) is 42.8 Å². The predicted octanol–water partition coefficient (Wildman–Crippen LogP) is 3.81. The van der Waals surface area contributed by atoms with E-state index in [2.05, 4.69) is 55.6 Å². The van der Waals surface area contributed by atoms with Gasteiger partial charge in [-0.2, -0.15) is 5.10 Å². The molecule has 0 aliphatic carbocycles. The van der Waals surface area contributed by atoms with E-state index in [1.165, 1.54) is 16.8 Å². The lowest BCUT2D eigenvalue weighted by Gasteiger charge is -2.18. The van der Waals surface area contributed by atoms with Crippen molar-refractivity contribution in [3.05, 3.63) is 51.8 Å². The van der Waals surface area contributed by atoms with Crippen molar-refractivity contribution in [2.75, 3.05) is 13.1 Å². The molecule has 1 atom stereocenters. The molecule has 6 heteroatoms. The summed E-state index contributed by atoms with van der Waals surface area (Å²) >= 11 is 5.93. The molecule has 0 aliphatic heterocycles. The summed E-state index contributed by atoms with van der Waals surface area (Å²) in [5.41, 5.74) is 4.94. The maximum absolute atomic E-state index is 5.93.